The molecule has 0 unspecified atom stereocenters. The third kappa shape index (κ3) is 1.10. The predicted octanol–water partition coefficient (Wildman–Crippen LogP) is 1.97. The van der Waals surface area contributed by atoms with Crippen molar-refractivity contribution in [1.82, 2.24) is 0 Å². The fourth-order valence-electron chi connectivity index (χ4n) is 0.532. The minimum absolute atomic E-state index is 0.0691. The molecule has 0 amide bonds. The summed E-state index contributed by atoms with van der Waals surface area (Å²) in [5.74, 6) is 0. The zero-order valence-electron chi connectivity index (χ0n) is 4.52. The average molecular weight is 148 g/mol. The van der Waals surface area contributed by atoms with Crippen LogP contribution in [-0.4, -0.2) is 10.1 Å². The van der Waals surface area contributed by atoms with Gasteiger partial charge in [0.15, 0.2) is 0 Å². The largest absolute Gasteiger partial charge is 0.185 e. The number of rotatable bonds is 1. The van der Waals surface area contributed by atoms with Gasteiger partial charge in [-0.25, -0.2) is 0 Å². The van der Waals surface area contributed by atoms with Crippen molar-refractivity contribution in [3.05, 3.63) is 0 Å². The molecule has 0 N–H and O–H groups in total. The van der Waals surface area contributed by atoms with Gasteiger partial charge < -0.3 is 0 Å². The monoisotopic (exact) mass is 147 g/mol. The summed E-state index contributed by atoms with van der Waals surface area (Å²) in [4.78, 5) is -0.0691. The molecule has 0 bridgehead atoms. The Labute approximate surface area is 58.0 Å². The van der Waals surface area contributed by atoms with Gasteiger partial charge >= 0.3 is 0 Å². The zero-order chi connectivity index (χ0) is 6.20. The van der Waals surface area contributed by atoms with Gasteiger partial charge in [-0.1, -0.05) is 0 Å². The molecule has 1 aliphatic rings. The first-order valence-corrected chi connectivity index (χ1v) is 3.66. The lowest BCUT2D eigenvalue weighted by Gasteiger charge is -1.90. The topological polar surface area (TPSA) is 23.8 Å². The number of thioether (sulfide) groups is 1. The van der Waals surface area contributed by atoms with Crippen LogP contribution in [0.25, 0.3) is 0 Å². The summed E-state index contributed by atoms with van der Waals surface area (Å²) in [6.07, 6.45) is 0.979. The summed E-state index contributed by atoms with van der Waals surface area (Å²) in [6.45, 7) is 1.96. The summed E-state index contributed by atoms with van der Waals surface area (Å²) in [7, 11) is 0. The first-order valence-electron chi connectivity index (χ1n) is 2.40. The molecule has 0 spiro atoms. The van der Waals surface area contributed by atoms with Crippen LogP contribution in [0.1, 0.15) is 13.3 Å². The van der Waals surface area contributed by atoms with Gasteiger partial charge in [-0.05, 0) is 25.1 Å². The van der Waals surface area contributed by atoms with E-state index in [1.165, 1.54) is 11.8 Å². The van der Waals surface area contributed by atoms with Gasteiger partial charge in [-0.2, -0.15) is 5.26 Å². The second-order valence-electron chi connectivity index (χ2n) is 2.18. The Morgan fingerprint density at radius 2 is 2.50 bits per heavy atom. The number of alkyl halides is 1. The summed E-state index contributed by atoms with van der Waals surface area (Å²) < 4.78 is 0. The fraction of sp³-hybridized carbons (Fsp3) is 0.800. The van der Waals surface area contributed by atoms with E-state index < -0.39 is 0 Å². The number of thiocyanates is 1. The highest BCUT2D eigenvalue weighted by atomic mass is 35.5. The van der Waals surface area contributed by atoms with Gasteiger partial charge in [0, 0.05) is 5.25 Å². The zero-order valence-corrected chi connectivity index (χ0v) is 6.09. The van der Waals surface area contributed by atoms with Crippen LogP contribution in [-0.2, 0) is 0 Å². The molecule has 1 aliphatic carbocycles. The van der Waals surface area contributed by atoms with Crippen LogP contribution in [0.15, 0.2) is 0 Å². The van der Waals surface area contributed by atoms with E-state index in [9.17, 15) is 0 Å². The normalized spacial score (nSPS) is 43.4. The highest BCUT2D eigenvalue weighted by Crippen LogP contribution is 2.50. The lowest BCUT2D eigenvalue weighted by atomic mass is 10.5. The first-order chi connectivity index (χ1) is 3.67. The molecule has 0 saturated heterocycles. The molecule has 1 rings (SSSR count). The maximum absolute atomic E-state index is 8.16. The Balaban J connectivity index is 2.29. The second-order valence-corrected chi connectivity index (χ2v) is 4.03. The van der Waals surface area contributed by atoms with Crippen molar-refractivity contribution >= 4 is 23.4 Å². The summed E-state index contributed by atoms with van der Waals surface area (Å²) in [5, 5.41) is 10.6. The summed E-state index contributed by atoms with van der Waals surface area (Å²) >= 11 is 7.09. The van der Waals surface area contributed by atoms with Gasteiger partial charge in [0.2, 0.25) is 0 Å². The van der Waals surface area contributed by atoms with Gasteiger partial charge in [0.05, 0.1) is 4.87 Å². The predicted molar refractivity (Wildman–Crippen MR) is 35.9 cm³/mol. The maximum atomic E-state index is 8.16. The third-order valence-electron chi connectivity index (χ3n) is 1.29. The van der Waals surface area contributed by atoms with Crippen LogP contribution < -0.4 is 0 Å². The number of nitriles is 1. The molecule has 1 fully saturated rings. The van der Waals surface area contributed by atoms with Crippen molar-refractivity contribution in [2.24, 2.45) is 0 Å². The van der Waals surface area contributed by atoms with Crippen LogP contribution in [0.3, 0.4) is 0 Å². The second kappa shape index (κ2) is 1.82. The Morgan fingerprint density at radius 1 is 2.00 bits per heavy atom. The smallest absolute Gasteiger partial charge is 0.133 e. The number of halogens is 1. The van der Waals surface area contributed by atoms with Crippen LogP contribution in [0, 0.1) is 10.7 Å². The van der Waals surface area contributed by atoms with Crippen molar-refractivity contribution in [3.8, 4) is 5.40 Å². The van der Waals surface area contributed by atoms with E-state index in [1.807, 2.05) is 12.3 Å². The SMILES string of the molecule is C[C@@]1(Cl)C[C@H]1SC#N. The third-order valence-corrected chi connectivity index (χ3v) is 2.91. The molecule has 0 radical (unpaired) electrons. The standard InChI is InChI=1S/C5H6ClNS/c1-5(6)2-4(5)8-3-7/h4H,2H2,1H3/t4-,5-/m1/s1. The van der Waals surface area contributed by atoms with Crippen molar-refractivity contribution in [1.29, 1.82) is 5.26 Å². The highest BCUT2D eigenvalue weighted by molar-refractivity contribution is 8.04. The molecule has 0 aromatic heterocycles. The molecule has 0 heterocycles. The number of hydrogen-bond donors (Lipinski definition) is 0. The molecule has 44 valence electrons. The highest BCUT2D eigenvalue weighted by Gasteiger charge is 2.49. The molecule has 8 heavy (non-hydrogen) atoms. The molecular formula is C5H6ClNS. The lowest BCUT2D eigenvalue weighted by molar-refractivity contribution is 1.04. The fourth-order valence-corrected chi connectivity index (χ4v) is 1.71. The minimum Gasteiger partial charge on any atom is -0.185 e. The van der Waals surface area contributed by atoms with Crippen molar-refractivity contribution in [3.63, 3.8) is 0 Å². The Kier molecular flexibility index (Phi) is 1.42. The van der Waals surface area contributed by atoms with E-state index in [4.69, 9.17) is 16.9 Å². The molecule has 0 aromatic rings. The summed E-state index contributed by atoms with van der Waals surface area (Å²) in [5.41, 5.74) is 0. The quantitative estimate of drug-likeness (QED) is 0.418. The summed E-state index contributed by atoms with van der Waals surface area (Å²) in [6, 6.07) is 0. The van der Waals surface area contributed by atoms with Crippen LogP contribution in [0.4, 0.5) is 0 Å². The first kappa shape index (κ1) is 6.25. The van der Waals surface area contributed by atoms with E-state index in [1.54, 1.807) is 0 Å². The van der Waals surface area contributed by atoms with E-state index in [0.29, 0.717) is 5.25 Å². The maximum Gasteiger partial charge on any atom is 0.133 e. The van der Waals surface area contributed by atoms with Crippen LogP contribution in [0.2, 0.25) is 0 Å². The van der Waals surface area contributed by atoms with Crippen molar-refractivity contribution in [2.45, 2.75) is 23.5 Å². The van der Waals surface area contributed by atoms with Gasteiger partial charge in [-0.15, -0.1) is 11.6 Å². The molecule has 0 aromatic carbocycles. The molecule has 0 aliphatic heterocycles. The minimum atomic E-state index is -0.0691. The molecular weight excluding hydrogens is 142 g/mol. The van der Waals surface area contributed by atoms with Crippen molar-refractivity contribution < 1.29 is 0 Å². The van der Waals surface area contributed by atoms with Gasteiger partial charge in [0.25, 0.3) is 0 Å². The van der Waals surface area contributed by atoms with Crippen molar-refractivity contribution in [2.75, 3.05) is 0 Å². The van der Waals surface area contributed by atoms with Crippen LogP contribution in [0.5, 0.6) is 0 Å². The Bertz CT molecular complexity index is 138. The van der Waals surface area contributed by atoms with E-state index in [2.05, 4.69) is 0 Å². The number of nitrogens with zero attached hydrogens (tertiary/aromatic N) is 1. The van der Waals surface area contributed by atoms with E-state index in [-0.39, 0.29) is 4.87 Å². The van der Waals surface area contributed by atoms with Crippen LogP contribution >= 0.6 is 23.4 Å². The van der Waals surface area contributed by atoms with Gasteiger partial charge in [-0.3, -0.25) is 0 Å². The Morgan fingerprint density at radius 3 is 2.62 bits per heavy atom. The Hall–Kier alpha value is 0.130. The van der Waals surface area contributed by atoms with Gasteiger partial charge in [0.1, 0.15) is 5.40 Å². The molecule has 3 heteroatoms. The molecule has 1 nitrogen and oxygen atoms in total. The number of hydrogen-bond acceptors (Lipinski definition) is 2. The van der Waals surface area contributed by atoms with E-state index >= 15 is 0 Å². The average Bonchev–Trinajstić information content (AvgIpc) is 2.15. The molecule has 1 saturated carbocycles. The molecule has 2 atom stereocenters. The lowest BCUT2D eigenvalue weighted by Crippen LogP contribution is -1.92. The van der Waals surface area contributed by atoms with E-state index in [0.717, 1.165) is 6.42 Å².